The summed E-state index contributed by atoms with van der Waals surface area (Å²) in [6.07, 6.45) is 7.05. The molecule has 6 aromatic heterocycles. The molecule has 3 unspecified atom stereocenters. The van der Waals surface area contributed by atoms with Crippen LogP contribution in [0, 0.1) is 0 Å². The summed E-state index contributed by atoms with van der Waals surface area (Å²) < 4.78 is 59.9. The third-order valence-corrected chi connectivity index (χ3v) is 13.5. The number of halogens is 3. The number of pyridine rings is 2. The number of ether oxygens (including phenoxy) is 2. The molecule has 2 saturated carbocycles. The van der Waals surface area contributed by atoms with E-state index < -0.39 is 12.2 Å². The minimum atomic E-state index is -4.53. The molecule has 21 heteroatoms. The molecule has 18 nitrogen and oxygen atoms in total. The molecule has 0 radical (unpaired) electrons. The normalized spacial score (nSPS) is 18.4. The summed E-state index contributed by atoms with van der Waals surface area (Å²) >= 11 is 0. The van der Waals surface area contributed by atoms with E-state index in [-0.39, 0.29) is 65.7 Å². The average Bonchev–Trinajstić information content (AvgIpc) is 4.11. The number of carbonyl (C=O) groups excluding carboxylic acids is 2. The van der Waals surface area contributed by atoms with Gasteiger partial charge in [0, 0.05) is 47.6 Å². The highest BCUT2D eigenvalue weighted by atomic mass is 19.4. The Morgan fingerprint density at radius 1 is 0.662 bits per heavy atom. The molecule has 0 N–H and O–H groups in total. The Labute approximate surface area is 403 Å². The molecule has 2 aromatic carbocycles. The predicted molar refractivity (Wildman–Crippen MR) is 251 cm³/mol. The minimum Gasteiger partial charge on any atom is -0.491 e. The van der Waals surface area contributed by atoms with Crippen molar-refractivity contribution >= 4 is 23.5 Å². The lowest BCUT2D eigenvalue weighted by Crippen LogP contribution is -2.33. The zero-order valence-electron chi connectivity index (χ0n) is 38.7. The van der Waals surface area contributed by atoms with Crippen molar-refractivity contribution in [3.63, 3.8) is 0 Å². The summed E-state index contributed by atoms with van der Waals surface area (Å²) in [5.74, 6) is 2.93. The summed E-state index contributed by atoms with van der Waals surface area (Å²) in [6, 6.07) is 19.4. The lowest BCUT2D eigenvalue weighted by Gasteiger charge is -2.21. The Balaban J connectivity index is 0.766. The molecular weight excluding hydrogens is 918 g/mol. The number of imidazole rings is 2. The molecule has 360 valence electrons. The Morgan fingerprint density at radius 3 is 1.82 bits per heavy atom. The number of nitrogens with zero attached hydrogens (tertiary/aromatic N) is 14. The van der Waals surface area contributed by atoms with Gasteiger partial charge in [0.25, 0.3) is 11.8 Å². The van der Waals surface area contributed by atoms with E-state index in [4.69, 9.17) is 24.5 Å². The van der Waals surface area contributed by atoms with Gasteiger partial charge >= 0.3 is 6.18 Å². The van der Waals surface area contributed by atoms with Crippen LogP contribution in [0.1, 0.15) is 108 Å². The Morgan fingerprint density at radius 2 is 1.24 bits per heavy atom. The summed E-state index contributed by atoms with van der Waals surface area (Å²) in [6.45, 7) is 6.07. The third-order valence-electron chi connectivity index (χ3n) is 13.5. The van der Waals surface area contributed by atoms with Crippen molar-refractivity contribution in [2.75, 3.05) is 36.1 Å². The maximum atomic E-state index is 14.3. The van der Waals surface area contributed by atoms with Crippen molar-refractivity contribution in [1.29, 1.82) is 0 Å². The van der Waals surface area contributed by atoms with Gasteiger partial charge in [-0.2, -0.15) is 13.2 Å². The van der Waals surface area contributed by atoms with Gasteiger partial charge in [-0.15, -0.1) is 20.4 Å². The van der Waals surface area contributed by atoms with E-state index >= 15 is 0 Å². The SMILES string of the molecule is CC(C)n1c(-c2cccc(N3CCOc4ccc(-n5cnc(C6CC6)c5)cc4C3=O)n2)nnc1C1CC1c1cn(-c2ccc3c(c2)C(=O)N(c2cccc(-c4nncn4C(C)C(F)(F)F)n2)CCO3)cn1. The number of rotatable bonds is 11. The first-order valence-electron chi connectivity index (χ1n) is 23.5. The molecule has 12 rings (SSSR count). The molecule has 0 spiro atoms. The van der Waals surface area contributed by atoms with E-state index in [1.807, 2.05) is 64.0 Å². The number of fused-ring (bicyclic) bond motifs is 2. The highest BCUT2D eigenvalue weighted by Gasteiger charge is 2.46. The monoisotopic (exact) mass is 962 g/mol. The van der Waals surface area contributed by atoms with Crippen molar-refractivity contribution in [2.24, 2.45) is 0 Å². The van der Waals surface area contributed by atoms with Gasteiger partial charge in [-0.3, -0.25) is 19.4 Å². The highest BCUT2D eigenvalue weighted by Crippen LogP contribution is 2.54. The fourth-order valence-electron chi connectivity index (χ4n) is 9.42. The van der Waals surface area contributed by atoms with Crippen LogP contribution < -0.4 is 19.3 Å². The van der Waals surface area contributed by atoms with Crippen molar-refractivity contribution < 1.29 is 32.2 Å². The molecule has 4 aliphatic rings. The summed E-state index contributed by atoms with van der Waals surface area (Å²) in [7, 11) is 0. The smallest absolute Gasteiger partial charge is 0.408 e. The summed E-state index contributed by atoms with van der Waals surface area (Å²) in [4.78, 5) is 50.6. The van der Waals surface area contributed by atoms with E-state index in [9.17, 15) is 22.8 Å². The van der Waals surface area contributed by atoms with Crippen LogP contribution in [-0.4, -0.2) is 103 Å². The van der Waals surface area contributed by atoms with Crippen molar-refractivity contribution in [3.05, 3.63) is 133 Å². The van der Waals surface area contributed by atoms with E-state index in [1.165, 1.54) is 11.0 Å². The number of amides is 2. The van der Waals surface area contributed by atoms with Crippen LogP contribution in [0.2, 0.25) is 0 Å². The fraction of sp³-hybridized carbons (Fsp3) is 0.320. The van der Waals surface area contributed by atoms with Gasteiger partial charge in [-0.1, -0.05) is 12.1 Å². The first-order chi connectivity index (χ1) is 34.4. The van der Waals surface area contributed by atoms with Crippen molar-refractivity contribution in [2.45, 2.75) is 76.0 Å². The lowest BCUT2D eigenvalue weighted by molar-refractivity contribution is -0.162. The molecule has 2 aliphatic heterocycles. The second-order valence-electron chi connectivity index (χ2n) is 18.5. The van der Waals surface area contributed by atoms with Crippen LogP contribution in [0.3, 0.4) is 0 Å². The number of alkyl halides is 3. The maximum Gasteiger partial charge on any atom is 0.408 e. The van der Waals surface area contributed by atoms with Crippen LogP contribution in [0.5, 0.6) is 11.5 Å². The van der Waals surface area contributed by atoms with Gasteiger partial charge in [0.05, 0.1) is 48.3 Å². The Hall–Kier alpha value is -8.23. The quantitative estimate of drug-likeness (QED) is 0.121. The van der Waals surface area contributed by atoms with Gasteiger partial charge in [0.15, 0.2) is 11.6 Å². The van der Waals surface area contributed by atoms with Crippen LogP contribution in [0.15, 0.2) is 104 Å². The first kappa shape index (κ1) is 44.0. The topological polar surface area (TPSA) is 182 Å². The van der Waals surface area contributed by atoms with Gasteiger partial charge in [0.2, 0.25) is 0 Å². The molecular formula is C50H45F3N14O4. The summed E-state index contributed by atoms with van der Waals surface area (Å²) in [5.41, 5.74) is 4.86. The standard InChI is InChI=1S/C50H45F3N14O4/c1-28(2)67-45(60-61-47(67)38-7-5-9-44(58-38)65-17-19-71-41-14-12-31(20-35(41)49(65)69)62-23-39(54-25-62)30-10-11-30)34-22-33(34)40-24-63(26-55-40)32-13-15-42-36(21-32)48(68)64(16-18-70-42)43-8-4-6-37(57-43)46-59-56-27-66(46)29(3)50(51,52)53/h4-9,12-15,20-21,23-30,33-34H,10-11,16-19,22H2,1-3H3. The molecule has 8 aromatic rings. The largest absolute Gasteiger partial charge is 0.491 e. The van der Waals surface area contributed by atoms with Gasteiger partial charge < -0.3 is 27.7 Å². The Kier molecular flexibility index (Phi) is 10.6. The van der Waals surface area contributed by atoms with Crippen LogP contribution >= 0.6 is 0 Å². The van der Waals surface area contributed by atoms with E-state index in [0.717, 1.165) is 60.0 Å². The number of hydrogen-bond donors (Lipinski definition) is 0. The molecule has 2 fully saturated rings. The van der Waals surface area contributed by atoms with Gasteiger partial charge in [0.1, 0.15) is 65.9 Å². The highest BCUT2D eigenvalue weighted by molar-refractivity contribution is 6.09. The minimum absolute atomic E-state index is 0.0174. The number of hydrogen-bond acceptors (Lipinski definition) is 12. The van der Waals surface area contributed by atoms with Gasteiger partial charge in [-0.25, -0.2) is 19.9 Å². The van der Waals surface area contributed by atoms with Crippen LogP contribution in [0.25, 0.3) is 34.4 Å². The first-order valence-corrected chi connectivity index (χ1v) is 23.5. The van der Waals surface area contributed by atoms with E-state index in [2.05, 4.69) is 43.7 Å². The molecule has 0 bridgehead atoms. The molecule has 0 saturated heterocycles. The van der Waals surface area contributed by atoms with E-state index in [1.54, 1.807) is 41.8 Å². The summed E-state index contributed by atoms with van der Waals surface area (Å²) in [5, 5.41) is 17.0. The number of anilines is 2. The van der Waals surface area contributed by atoms with Crippen LogP contribution in [0.4, 0.5) is 24.8 Å². The Bertz CT molecular complexity index is 3370. The van der Waals surface area contributed by atoms with Crippen molar-refractivity contribution in [1.82, 2.24) is 58.6 Å². The van der Waals surface area contributed by atoms with Gasteiger partial charge in [-0.05, 0) is 101 Å². The average molecular weight is 963 g/mol. The van der Waals surface area contributed by atoms with Crippen LogP contribution in [-0.2, 0) is 0 Å². The second kappa shape index (κ2) is 17.0. The number of benzene rings is 2. The molecule has 71 heavy (non-hydrogen) atoms. The maximum absolute atomic E-state index is 14.3. The molecule has 8 heterocycles. The predicted octanol–water partition coefficient (Wildman–Crippen LogP) is 8.30. The third kappa shape index (κ3) is 8.03. The zero-order valence-corrected chi connectivity index (χ0v) is 38.7. The van der Waals surface area contributed by atoms with E-state index in [0.29, 0.717) is 59.2 Å². The fourth-order valence-corrected chi connectivity index (χ4v) is 9.42. The zero-order chi connectivity index (χ0) is 48.7. The lowest BCUT2D eigenvalue weighted by atomic mass is 10.1. The molecule has 2 amide bonds. The molecule has 2 aliphatic carbocycles. The number of carbonyl (C=O) groups is 2. The van der Waals surface area contributed by atoms with Crippen molar-refractivity contribution in [3.8, 4) is 45.9 Å². The molecule has 3 atom stereocenters. The second-order valence-corrected chi connectivity index (χ2v) is 18.5. The number of aromatic nitrogens is 12.